The molecule has 0 spiro atoms. The lowest BCUT2D eigenvalue weighted by Crippen LogP contribution is -1.97. The molecule has 0 bridgehead atoms. The van der Waals surface area contributed by atoms with Crippen LogP contribution in [-0.4, -0.2) is 0 Å². The van der Waals surface area contributed by atoms with Gasteiger partial charge in [0.15, 0.2) is 0 Å². The number of benzene rings is 3. The Morgan fingerprint density at radius 2 is 1.42 bits per heavy atom. The van der Waals surface area contributed by atoms with Crippen LogP contribution in [0.2, 0.25) is 0 Å². The van der Waals surface area contributed by atoms with E-state index in [1.54, 1.807) is 11.1 Å². The number of hydrogen-bond donors (Lipinski definition) is 0. The molecular formula is C24H20. The van der Waals surface area contributed by atoms with Gasteiger partial charge in [0, 0.05) is 0 Å². The number of rotatable bonds is 2. The Kier molecular flexibility index (Phi) is 3.16. The zero-order chi connectivity index (χ0) is 15.9. The molecule has 0 saturated heterocycles. The van der Waals surface area contributed by atoms with Gasteiger partial charge in [-0.15, -0.1) is 0 Å². The van der Waals surface area contributed by atoms with E-state index in [1.807, 2.05) is 0 Å². The highest BCUT2D eigenvalue weighted by atomic mass is 14.3. The van der Waals surface area contributed by atoms with Crippen LogP contribution in [0.5, 0.6) is 0 Å². The van der Waals surface area contributed by atoms with Gasteiger partial charge in [-0.1, -0.05) is 72.8 Å². The molecule has 0 aliphatic heterocycles. The van der Waals surface area contributed by atoms with Crippen LogP contribution in [0.4, 0.5) is 0 Å². The molecule has 2 aliphatic rings. The predicted octanol–water partition coefficient (Wildman–Crippen LogP) is 6.08. The molecule has 0 N–H and O–H groups in total. The minimum atomic E-state index is 1.08. The van der Waals surface area contributed by atoms with Crippen molar-refractivity contribution in [3.8, 4) is 22.3 Å². The smallest absolute Gasteiger partial charge is 0.00819 e. The number of aryl methyl sites for hydroxylation is 1. The van der Waals surface area contributed by atoms with E-state index < -0.39 is 0 Å². The molecule has 5 rings (SSSR count). The second-order valence-corrected chi connectivity index (χ2v) is 6.86. The largest absolute Gasteiger partial charge is 0.0795 e. The summed E-state index contributed by atoms with van der Waals surface area (Å²) in [5.74, 6) is 0. The first-order valence-electron chi connectivity index (χ1n) is 8.90. The van der Waals surface area contributed by atoms with Crippen molar-refractivity contribution in [2.75, 3.05) is 0 Å². The van der Waals surface area contributed by atoms with E-state index >= 15 is 0 Å². The van der Waals surface area contributed by atoms with Crippen molar-refractivity contribution in [3.63, 3.8) is 0 Å². The van der Waals surface area contributed by atoms with Crippen molar-refractivity contribution in [1.29, 1.82) is 0 Å². The molecule has 0 nitrogen and oxygen atoms in total. The summed E-state index contributed by atoms with van der Waals surface area (Å²) < 4.78 is 0. The fraction of sp³-hybridized carbons (Fsp3) is 0.167. The Morgan fingerprint density at radius 1 is 0.667 bits per heavy atom. The minimum Gasteiger partial charge on any atom is -0.0795 e. The zero-order valence-corrected chi connectivity index (χ0v) is 13.8. The van der Waals surface area contributed by atoms with E-state index in [1.165, 1.54) is 52.6 Å². The maximum Gasteiger partial charge on any atom is -0.00819 e. The standard InChI is InChI=1S/C24H20/c1-2-6-17(7-3-1)18-12-14-19(15-13-18)24-22-10-4-8-20(22)16-21-9-5-11-23(21)24/h1-4,6-8,12-16H,5,9-11H2. The molecule has 0 saturated carbocycles. The lowest BCUT2D eigenvalue weighted by Gasteiger charge is -2.16. The molecule has 0 atom stereocenters. The van der Waals surface area contributed by atoms with E-state index in [4.69, 9.17) is 0 Å². The van der Waals surface area contributed by atoms with Gasteiger partial charge in [0.25, 0.3) is 0 Å². The average molecular weight is 308 g/mol. The molecule has 2 aliphatic carbocycles. The van der Waals surface area contributed by atoms with Gasteiger partial charge < -0.3 is 0 Å². The first-order chi connectivity index (χ1) is 11.9. The second-order valence-electron chi connectivity index (χ2n) is 6.86. The highest BCUT2D eigenvalue weighted by Crippen LogP contribution is 2.40. The fourth-order valence-electron chi connectivity index (χ4n) is 4.29. The maximum atomic E-state index is 2.43. The van der Waals surface area contributed by atoms with Crippen LogP contribution >= 0.6 is 0 Å². The van der Waals surface area contributed by atoms with Gasteiger partial charge in [-0.3, -0.25) is 0 Å². The highest BCUT2D eigenvalue weighted by Gasteiger charge is 2.22. The van der Waals surface area contributed by atoms with Crippen LogP contribution in [-0.2, 0) is 19.3 Å². The van der Waals surface area contributed by atoms with Crippen molar-refractivity contribution in [2.24, 2.45) is 0 Å². The highest BCUT2D eigenvalue weighted by molar-refractivity contribution is 5.81. The molecule has 0 heteroatoms. The van der Waals surface area contributed by atoms with Gasteiger partial charge in [0.05, 0.1) is 0 Å². The van der Waals surface area contributed by atoms with Crippen LogP contribution in [0.25, 0.3) is 28.3 Å². The molecule has 116 valence electrons. The molecule has 3 aromatic carbocycles. The van der Waals surface area contributed by atoms with Crippen molar-refractivity contribution in [2.45, 2.75) is 25.7 Å². The summed E-state index contributed by atoms with van der Waals surface area (Å²) in [6.45, 7) is 0. The Labute approximate surface area is 143 Å². The maximum absolute atomic E-state index is 2.43. The lowest BCUT2D eigenvalue weighted by atomic mass is 9.88. The third kappa shape index (κ3) is 2.14. The normalized spacial score (nSPS) is 14.7. The summed E-state index contributed by atoms with van der Waals surface area (Å²) in [6, 6.07) is 22.2. The quantitative estimate of drug-likeness (QED) is 0.538. The first kappa shape index (κ1) is 13.8. The zero-order valence-electron chi connectivity index (χ0n) is 13.8. The van der Waals surface area contributed by atoms with Crippen LogP contribution in [0, 0.1) is 0 Å². The summed E-state index contributed by atoms with van der Waals surface area (Å²) in [5.41, 5.74) is 11.6. The third-order valence-corrected chi connectivity index (χ3v) is 5.44. The predicted molar refractivity (Wildman–Crippen MR) is 102 cm³/mol. The number of hydrogen-bond acceptors (Lipinski definition) is 0. The van der Waals surface area contributed by atoms with Crippen LogP contribution in [0.15, 0.2) is 66.7 Å². The Hall–Kier alpha value is -2.60. The molecule has 0 heterocycles. The van der Waals surface area contributed by atoms with Gasteiger partial charge in [0.2, 0.25) is 0 Å². The SMILES string of the molecule is C1=Cc2cc3c(c(-c4ccc(-c5ccccc5)cc4)c2C1)CCC3. The Morgan fingerprint density at radius 3 is 2.25 bits per heavy atom. The van der Waals surface area contributed by atoms with Gasteiger partial charge in [0.1, 0.15) is 0 Å². The van der Waals surface area contributed by atoms with E-state index in [9.17, 15) is 0 Å². The summed E-state index contributed by atoms with van der Waals surface area (Å²) in [5, 5.41) is 0. The Balaban J connectivity index is 1.63. The molecule has 0 fully saturated rings. The van der Waals surface area contributed by atoms with Gasteiger partial charge >= 0.3 is 0 Å². The topological polar surface area (TPSA) is 0 Å². The molecule has 0 amide bonds. The summed E-state index contributed by atoms with van der Waals surface area (Å²) in [4.78, 5) is 0. The number of fused-ring (bicyclic) bond motifs is 2. The first-order valence-corrected chi connectivity index (χ1v) is 8.90. The minimum absolute atomic E-state index is 1.08. The van der Waals surface area contributed by atoms with Gasteiger partial charge in [-0.05, 0) is 70.2 Å². The van der Waals surface area contributed by atoms with Crippen molar-refractivity contribution >= 4 is 6.08 Å². The van der Waals surface area contributed by atoms with E-state index in [2.05, 4.69) is 72.8 Å². The molecule has 0 radical (unpaired) electrons. The lowest BCUT2D eigenvalue weighted by molar-refractivity contribution is 0.912. The third-order valence-electron chi connectivity index (χ3n) is 5.44. The molecule has 0 aromatic heterocycles. The molecule has 24 heavy (non-hydrogen) atoms. The molecular weight excluding hydrogens is 288 g/mol. The van der Waals surface area contributed by atoms with Crippen molar-refractivity contribution in [3.05, 3.63) is 89.0 Å². The van der Waals surface area contributed by atoms with E-state index in [0.29, 0.717) is 0 Å². The van der Waals surface area contributed by atoms with Gasteiger partial charge in [-0.2, -0.15) is 0 Å². The van der Waals surface area contributed by atoms with Crippen molar-refractivity contribution in [1.82, 2.24) is 0 Å². The average Bonchev–Trinajstić information content (AvgIpc) is 3.29. The van der Waals surface area contributed by atoms with Crippen LogP contribution in [0.3, 0.4) is 0 Å². The summed E-state index contributed by atoms with van der Waals surface area (Å²) in [7, 11) is 0. The Bertz CT molecular complexity index is 924. The fourth-order valence-corrected chi connectivity index (χ4v) is 4.29. The van der Waals surface area contributed by atoms with E-state index in [-0.39, 0.29) is 0 Å². The summed E-state index contributed by atoms with van der Waals surface area (Å²) >= 11 is 0. The summed E-state index contributed by atoms with van der Waals surface area (Å²) in [6.07, 6.45) is 9.47. The second kappa shape index (κ2) is 5.49. The monoisotopic (exact) mass is 308 g/mol. The van der Waals surface area contributed by atoms with Crippen LogP contribution in [0.1, 0.15) is 28.7 Å². The van der Waals surface area contributed by atoms with Crippen LogP contribution < -0.4 is 0 Å². The number of allylic oxidation sites excluding steroid dienone is 1. The van der Waals surface area contributed by atoms with E-state index in [0.717, 1.165) is 6.42 Å². The molecule has 3 aromatic rings. The van der Waals surface area contributed by atoms with Crippen molar-refractivity contribution < 1.29 is 0 Å². The molecule has 0 unspecified atom stereocenters. The van der Waals surface area contributed by atoms with Gasteiger partial charge in [-0.25, -0.2) is 0 Å².